The Morgan fingerprint density at radius 2 is 1.77 bits per heavy atom. The van der Waals surface area contributed by atoms with Crippen LogP contribution in [0.4, 0.5) is 0 Å². The molecule has 6 heteroatoms. The molecule has 0 atom stereocenters. The third-order valence-corrected chi connectivity index (χ3v) is 2.93. The van der Waals surface area contributed by atoms with E-state index < -0.39 is 10.1 Å². The van der Waals surface area contributed by atoms with Gasteiger partial charge in [0.05, 0.1) is 12.0 Å². The van der Waals surface area contributed by atoms with E-state index in [9.17, 15) is 8.42 Å². The predicted octanol–water partition coefficient (Wildman–Crippen LogP) is -1.57. The summed E-state index contributed by atoms with van der Waals surface area (Å²) in [6.07, 6.45) is 0. The monoisotopic (exact) mass is 228 g/mol. The molecule has 0 radical (unpaired) electrons. The van der Waals surface area contributed by atoms with Crippen molar-refractivity contribution in [3.63, 3.8) is 0 Å². The summed E-state index contributed by atoms with van der Waals surface area (Å²) in [6.45, 7) is 0. The van der Waals surface area contributed by atoms with Crippen LogP contribution in [-0.2, 0) is 14.3 Å². The molecule has 0 heterocycles. The molecule has 0 saturated heterocycles. The summed E-state index contributed by atoms with van der Waals surface area (Å²) in [5, 5.41) is 0. The van der Waals surface area contributed by atoms with Gasteiger partial charge in [0, 0.05) is 4.90 Å². The van der Waals surface area contributed by atoms with E-state index in [4.69, 9.17) is 0 Å². The Labute approximate surface area is 107 Å². The second-order valence-electron chi connectivity index (χ2n) is 2.11. The molecule has 13 heavy (non-hydrogen) atoms. The summed E-state index contributed by atoms with van der Waals surface area (Å²) in [7, 11) is -2.42. The van der Waals surface area contributed by atoms with Gasteiger partial charge in [0.25, 0.3) is 10.1 Å². The summed E-state index contributed by atoms with van der Waals surface area (Å²) >= 11 is 4.02. The fraction of sp³-hybridized carbons (Fsp3) is 0.143. The van der Waals surface area contributed by atoms with Crippen molar-refractivity contribution in [1.29, 1.82) is 0 Å². The first kappa shape index (κ1) is 13.5. The second kappa shape index (κ2) is 5.38. The van der Waals surface area contributed by atoms with Crippen LogP contribution in [0.5, 0.6) is 0 Å². The number of hydrogen-bond donors (Lipinski definition) is 1. The molecule has 68 valence electrons. The maximum atomic E-state index is 11.1. The van der Waals surface area contributed by atoms with Gasteiger partial charge in [-0.15, -0.1) is 12.6 Å². The number of hydrogen-bond acceptors (Lipinski definition) is 4. The Bertz CT molecular complexity index is 363. The van der Waals surface area contributed by atoms with Gasteiger partial charge in [-0.05, 0) is 24.3 Å². The normalized spacial score (nSPS) is 10.6. The van der Waals surface area contributed by atoms with Gasteiger partial charge in [-0.2, -0.15) is 8.42 Å². The van der Waals surface area contributed by atoms with E-state index in [1.807, 2.05) is 0 Å². The third kappa shape index (κ3) is 3.61. The third-order valence-electron chi connectivity index (χ3n) is 1.34. The molecule has 0 aliphatic heterocycles. The second-order valence-corrected chi connectivity index (χ2v) is 4.34. The Kier molecular flexibility index (Phi) is 5.58. The molecule has 0 saturated carbocycles. The molecule has 1 rings (SSSR count). The zero-order valence-corrected chi connectivity index (χ0v) is 11.1. The van der Waals surface area contributed by atoms with Crippen LogP contribution in [-0.4, -0.2) is 15.5 Å². The van der Waals surface area contributed by atoms with E-state index in [0.29, 0.717) is 4.90 Å². The molecular formula is C7H9NaO3S2. The molecule has 0 aliphatic carbocycles. The number of benzene rings is 1. The molecule has 0 bridgehead atoms. The van der Waals surface area contributed by atoms with Crippen molar-refractivity contribution in [1.82, 2.24) is 0 Å². The number of thiol groups is 1. The van der Waals surface area contributed by atoms with Crippen molar-refractivity contribution in [2.75, 3.05) is 7.11 Å². The summed E-state index contributed by atoms with van der Waals surface area (Å²) in [6, 6.07) is 6.08. The van der Waals surface area contributed by atoms with Gasteiger partial charge in [0.15, 0.2) is 0 Å². The molecule has 0 spiro atoms. The van der Waals surface area contributed by atoms with Crippen LogP contribution < -0.4 is 29.6 Å². The van der Waals surface area contributed by atoms with E-state index in [0.717, 1.165) is 7.11 Å². The van der Waals surface area contributed by atoms with E-state index >= 15 is 0 Å². The molecule has 1 aromatic carbocycles. The maximum absolute atomic E-state index is 11.1. The summed E-state index contributed by atoms with van der Waals surface area (Å²) in [5.74, 6) is 0. The van der Waals surface area contributed by atoms with E-state index in [2.05, 4.69) is 16.8 Å². The van der Waals surface area contributed by atoms with Crippen LogP contribution >= 0.6 is 12.6 Å². The van der Waals surface area contributed by atoms with Crippen molar-refractivity contribution in [3.05, 3.63) is 24.3 Å². The molecule has 0 unspecified atom stereocenters. The molecule has 1 aromatic rings. The summed E-state index contributed by atoms with van der Waals surface area (Å²) in [5.41, 5.74) is 0. The quantitative estimate of drug-likeness (QED) is 0.378. The standard InChI is InChI=1S/C7H8O3S2.Na.H/c1-10-12(8,9)7-4-2-6(11)3-5-7;;/h2-5,11H,1H3;;/q;+1;-1. The molecular weight excluding hydrogens is 219 g/mol. The van der Waals surface area contributed by atoms with Crippen LogP contribution in [0, 0.1) is 0 Å². The van der Waals surface area contributed by atoms with Gasteiger partial charge >= 0.3 is 29.6 Å². The van der Waals surface area contributed by atoms with E-state index in [1.165, 1.54) is 12.1 Å². The first-order chi connectivity index (χ1) is 5.56. The molecule has 0 aromatic heterocycles. The summed E-state index contributed by atoms with van der Waals surface area (Å²) in [4.78, 5) is 0.854. The van der Waals surface area contributed by atoms with Crippen molar-refractivity contribution < 1.29 is 43.6 Å². The minimum absolute atomic E-state index is 0. The molecule has 0 amide bonds. The van der Waals surface area contributed by atoms with E-state index in [1.54, 1.807) is 12.1 Å². The Balaban J connectivity index is 0. The first-order valence-corrected chi connectivity index (χ1v) is 5.01. The Hall–Kier alpha value is 0.480. The Morgan fingerprint density at radius 3 is 2.15 bits per heavy atom. The topological polar surface area (TPSA) is 43.4 Å². The first-order valence-electron chi connectivity index (χ1n) is 3.16. The molecule has 0 aliphatic rings. The summed E-state index contributed by atoms with van der Waals surface area (Å²) < 4.78 is 26.4. The van der Waals surface area contributed by atoms with Gasteiger partial charge in [-0.1, -0.05) is 0 Å². The van der Waals surface area contributed by atoms with Gasteiger partial charge in [0.2, 0.25) is 0 Å². The van der Waals surface area contributed by atoms with Crippen LogP contribution in [0.2, 0.25) is 0 Å². The number of rotatable bonds is 2. The minimum atomic E-state index is -3.55. The molecule has 3 nitrogen and oxygen atoms in total. The zero-order chi connectivity index (χ0) is 9.19. The van der Waals surface area contributed by atoms with Gasteiger partial charge in [-0.3, -0.25) is 4.18 Å². The van der Waals surface area contributed by atoms with Crippen LogP contribution in [0.15, 0.2) is 34.1 Å². The van der Waals surface area contributed by atoms with Crippen molar-refractivity contribution >= 4 is 22.7 Å². The fourth-order valence-corrected chi connectivity index (χ4v) is 1.52. The predicted molar refractivity (Wildman–Crippen MR) is 49.0 cm³/mol. The maximum Gasteiger partial charge on any atom is 1.00 e. The van der Waals surface area contributed by atoms with Crippen molar-refractivity contribution in [2.24, 2.45) is 0 Å². The zero-order valence-electron chi connectivity index (χ0n) is 8.39. The smallest absolute Gasteiger partial charge is 1.00 e. The van der Waals surface area contributed by atoms with Gasteiger partial charge in [-0.25, -0.2) is 0 Å². The SMILES string of the molecule is COS(=O)(=O)c1ccc(S)cc1.[H-].[Na+]. The van der Waals surface area contributed by atoms with Crippen molar-refractivity contribution in [3.8, 4) is 0 Å². The average molecular weight is 228 g/mol. The average Bonchev–Trinajstić information content (AvgIpc) is 2.05. The van der Waals surface area contributed by atoms with Crippen LogP contribution in [0.1, 0.15) is 1.43 Å². The largest absolute Gasteiger partial charge is 1.00 e. The minimum Gasteiger partial charge on any atom is -1.00 e. The van der Waals surface area contributed by atoms with Gasteiger partial charge in [0.1, 0.15) is 0 Å². The fourth-order valence-electron chi connectivity index (χ4n) is 0.709. The molecule has 0 fully saturated rings. The van der Waals surface area contributed by atoms with E-state index in [-0.39, 0.29) is 35.9 Å². The van der Waals surface area contributed by atoms with Crippen LogP contribution in [0.3, 0.4) is 0 Å². The van der Waals surface area contributed by atoms with Crippen LogP contribution in [0.25, 0.3) is 0 Å². The van der Waals surface area contributed by atoms with Crippen molar-refractivity contribution in [2.45, 2.75) is 9.79 Å². The Morgan fingerprint density at radius 1 is 1.31 bits per heavy atom. The van der Waals surface area contributed by atoms with Gasteiger partial charge < -0.3 is 1.43 Å². The molecule has 0 N–H and O–H groups in total.